The van der Waals surface area contributed by atoms with Crippen LogP contribution in [-0.4, -0.2) is 36.2 Å². The van der Waals surface area contributed by atoms with Gasteiger partial charge in [0, 0.05) is 25.2 Å². The van der Waals surface area contributed by atoms with Crippen molar-refractivity contribution in [1.29, 1.82) is 0 Å². The van der Waals surface area contributed by atoms with Crippen molar-refractivity contribution in [2.24, 2.45) is 5.41 Å². The van der Waals surface area contributed by atoms with Crippen LogP contribution in [0.25, 0.3) is 0 Å². The van der Waals surface area contributed by atoms with Crippen LogP contribution in [0.4, 0.5) is 11.4 Å². The number of nitrogens with zero attached hydrogens (tertiary/aromatic N) is 2. The number of rotatable bonds is 5. The lowest BCUT2D eigenvalue weighted by Gasteiger charge is -2.24. The Morgan fingerprint density at radius 2 is 2.29 bits per heavy atom. The van der Waals surface area contributed by atoms with E-state index in [1.165, 1.54) is 19.2 Å². The van der Waals surface area contributed by atoms with Crippen molar-refractivity contribution in [3.05, 3.63) is 28.3 Å². The van der Waals surface area contributed by atoms with Gasteiger partial charge < -0.3 is 14.7 Å². The zero-order valence-corrected chi connectivity index (χ0v) is 12.0. The predicted molar refractivity (Wildman–Crippen MR) is 76.8 cm³/mol. The van der Waals surface area contributed by atoms with E-state index in [-0.39, 0.29) is 12.2 Å². The Labute approximate surface area is 122 Å². The molecule has 0 aliphatic carbocycles. The second-order valence-corrected chi connectivity index (χ2v) is 5.22. The average molecular weight is 294 g/mol. The van der Waals surface area contributed by atoms with Crippen molar-refractivity contribution < 1.29 is 19.6 Å². The van der Waals surface area contributed by atoms with Crippen molar-refractivity contribution in [3.63, 3.8) is 0 Å². The Morgan fingerprint density at radius 3 is 2.76 bits per heavy atom. The van der Waals surface area contributed by atoms with Crippen LogP contribution in [0.3, 0.4) is 0 Å². The number of anilines is 1. The van der Waals surface area contributed by atoms with Gasteiger partial charge in [-0.3, -0.25) is 14.9 Å². The Morgan fingerprint density at radius 1 is 1.57 bits per heavy atom. The third-order valence-electron chi connectivity index (χ3n) is 4.20. The van der Waals surface area contributed by atoms with E-state index in [2.05, 4.69) is 0 Å². The molecule has 1 aliphatic heterocycles. The number of carboxylic acid groups (broad SMARTS) is 1. The molecule has 1 aromatic carbocycles. The fourth-order valence-electron chi connectivity index (χ4n) is 2.73. The Hall–Kier alpha value is -2.31. The van der Waals surface area contributed by atoms with Crippen LogP contribution in [0.5, 0.6) is 5.75 Å². The van der Waals surface area contributed by atoms with E-state index in [1.807, 2.05) is 6.92 Å². The minimum atomic E-state index is -0.849. The van der Waals surface area contributed by atoms with E-state index in [0.29, 0.717) is 30.8 Å². The minimum Gasteiger partial charge on any atom is -0.497 e. The van der Waals surface area contributed by atoms with Gasteiger partial charge in [0.15, 0.2) is 0 Å². The number of nitro benzene ring substituents is 1. The van der Waals surface area contributed by atoms with Crippen LogP contribution in [0.1, 0.15) is 19.8 Å². The molecule has 1 fully saturated rings. The number of carbonyl (C=O) groups is 1. The topological polar surface area (TPSA) is 92.9 Å². The van der Waals surface area contributed by atoms with Crippen LogP contribution in [0.2, 0.25) is 0 Å². The van der Waals surface area contributed by atoms with Crippen LogP contribution in [0, 0.1) is 15.5 Å². The molecule has 1 saturated heterocycles. The average Bonchev–Trinajstić information content (AvgIpc) is 2.92. The minimum absolute atomic E-state index is 0.0342. The fraction of sp³-hybridized carbons (Fsp3) is 0.500. The second kappa shape index (κ2) is 5.59. The van der Waals surface area contributed by atoms with Gasteiger partial charge >= 0.3 is 5.97 Å². The smallest absolute Gasteiger partial charge is 0.311 e. The van der Waals surface area contributed by atoms with E-state index in [4.69, 9.17) is 4.74 Å². The fourth-order valence-corrected chi connectivity index (χ4v) is 2.73. The first-order chi connectivity index (χ1) is 9.93. The number of ether oxygens (including phenoxy) is 1. The van der Waals surface area contributed by atoms with E-state index in [1.54, 1.807) is 11.0 Å². The van der Waals surface area contributed by atoms with E-state index >= 15 is 0 Å². The molecule has 0 bridgehead atoms. The van der Waals surface area contributed by atoms with Gasteiger partial charge in [0.05, 0.1) is 17.4 Å². The molecule has 0 spiro atoms. The second-order valence-electron chi connectivity index (χ2n) is 5.22. The Kier molecular flexibility index (Phi) is 4.02. The largest absolute Gasteiger partial charge is 0.497 e. The summed E-state index contributed by atoms with van der Waals surface area (Å²) in [5.41, 5.74) is -0.458. The van der Waals surface area contributed by atoms with Crippen LogP contribution in [0.15, 0.2) is 18.2 Å². The van der Waals surface area contributed by atoms with Crippen molar-refractivity contribution in [2.75, 3.05) is 25.1 Å². The van der Waals surface area contributed by atoms with Gasteiger partial charge in [-0.05, 0) is 18.9 Å². The summed E-state index contributed by atoms with van der Waals surface area (Å²) in [5, 5.41) is 20.6. The van der Waals surface area contributed by atoms with Gasteiger partial charge in [-0.1, -0.05) is 6.92 Å². The molecule has 0 saturated carbocycles. The summed E-state index contributed by atoms with van der Waals surface area (Å²) >= 11 is 0. The first-order valence-electron chi connectivity index (χ1n) is 6.74. The zero-order valence-electron chi connectivity index (χ0n) is 12.0. The molecule has 7 nitrogen and oxygen atoms in total. The lowest BCUT2D eigenvalue weighted by atomic mass is 9.84. The summed E-state index contributed by atoms with van der Waals surface area (Å²) in [7, 11) is 1.49. The SMILES string of the molecule is CCC1(C(=O)O)CCN(c2cc(OC)ccc2[N+](=O)[O-])C1. The van der Waals surface area contributed by atoms with E-state index in [0.717, 1.165) is 0 Å². The molecule has 7 heteroatoms. The molecule has 1 aliphatic rings. The highest BCUT2D eigenvalue weighted by molar-refractivity contribution is 5.78. The number of hydrogen-bond donors (Lipinski definition) is 1. The molecule has 1 aromatic rings. The molecule has 1 unspecified atom stereocenters. The van der Waals surface area contributed by atoms with Gasteiger partial charge in [0.2, 0.25) is 0 Å². The van der Waals surface area contributed by atoms with E-state index < -0.39 is 16.3 Å². The molecule has 0 aromatic heterocycles. The molecule has 114 valence electrons. The molecule has 1 N–H and O–H groups in total. The van der Waals surface area contributed by atoms with Crippen LogP contribution in [-0.2, 0) is 4.79 Å². The van der Waals surface area contributed by atoms with Gasteiger partial charge in [-0.2, -0.15) is 0 Å². The Bertz CT molecular complexity index is 574. The van der Waals surface area contributed by atoms with Gasteiger partial charge in [0.1, 0.15) is 11.4 Å². The monoisotopic (exact) mass is 294 g/mol. The summed E-state index contributed by atoms with van der Waals surface area (Å²) in [6.45, 7) is 2.58. The maximum atomic E-state index is 11.5. The molecule has 0 radical (unpaired) electrons. The molecule has 21 heavy (non-hydrogen) atoms. The molecule has 2 rings (SSSR count). The standard InChI is InChI=1S/C14H18N2O5/c1-3-14(13(17)18)6-7-15(9-14)12-8-10(21-2)4-5-11(12)16(19)20/h4-5,8H,3,6-7,9H2,1-2H3,(H,17,18). The number of benzene rings is 1. The van der Waals surface area contributed by atoms with Gasteiger partial charge in [0.25, 0.3) is 5.69 Å². The highest BCUT2D eigenvalue weighted by atomic mass is 16.6. The number of hydrogen-bond acceptors (Lipinski definition) is 5. The number of methoxy groups -OCH3 is 1. The summed E-state index contributed by atoms with van der Waals surface area (Å²) in [6.07, 6.45) is 0.976. The third-order valence-corrected chi connectivity index (χ3v) is 4.20. The molecule has 1 heterocycles. The summed E-state index contributed by atoms with van der Waals surface area (Å²) < 4.78 is 5.11. The lowest BCUT2D eigenvalue weighted by molar-refractivity contribution is -0.384. The highest BCUT2D eigenvalue weighted by Gasteiger charge is 2.44. The Balaban J connectivity index is 2.38. The third kappa shape index (κ3) is 2.63. The maximum absolute atomic E-state index is 11.5. The molecule has 0 amide bonds. The maximum Gasteiger partial charge on any atom is 0.311 e. The predicted octanol–water partition coefficient (Wildman–Crippen LogP) is 2.29. The van der Waals surface area contributed by atoms with Gasteiger partial charge in [-0.15, -0.1) is 0 Å². The molecular weight excluding hydrogens is 276 g/mol. The van der Waals surface area contributed by atoms with E-state index in [9.17, 15) is 20.0 Å². The molecule has 1 atom stereocenters. The normalized spacial score (nSPS) is 21.3. The first kappa shape index (κ1) is 15.1. The lowest BCUT2D eigenvalue weighted by Crippen LogP contribution is -2.34. The quantitative estimate of drug-likeness (QED) is 0.661. The highest BCUT2D eigenvalue weighted by Crippen LogP contribution is 2.41. The number of carboxylic acids is 1. The van der Waals surface area contributed by atoms with Gasteiger partial charge in [-0.25, -0.2) is 0 Å². The summed E-state index contributed by atoms with van der Waals surface area (Å²) in [4.78, 5) is 24.0. The summed E-state index contributed by atoms with van der Waals surface area (Å²) in [6, 6.07) is 4.51. The number of nitro groups is 1. The van der Waals surface area contributed by atoms with Crippen molar-refractivity contribution in [3.8, 4) is 5.75 Å². The van der Waals surface area contributed by atoms with Crippen molar-refractivity contribution in [1.82, 2.24) is 0 Å². The van der Waals surface area contributed by atoms with Crippen LogP contribution >= 0.6 is 0 Å². The molecular formula is C14H18N2O5. The van der Waals surface area contributed by atoms with Crippen LogP contribution < -0.4 is 9.64 Å². The summed E-state index contributed by atoms with van der Waals surface area (Å²) in [5.74, 6) is -0.335. The number of aliphatic carboxylic acids is 1. The first-order valence-corrected chi connectivity index (χ1v) is 6.74. The van der Waals surface area contributed by atoms with Crippen molar-refractivity contribution >= 4 is 17.3 Å². The zero-order chi connectivity index (χ0) is 15.6. The van der Waals surface area contributed by atoms with Crippen molar-refractivity contribution in [2.45, 2.75) is 19.8 Å².